The summed E-state index contributed by atoms with van der Waals surface area (Å²) in [6.45, 7) is 13.3. The minimum atomic E-state index is -3.64. The number of alkyl halides is 2. The molecule has 0 aliphatic carbocycles. The molecule has 2 amide bonds. The Balaban J connectivity index is 1.63. The third-order valence-electron chi connectivity index (χ3n) is 8.83. The van der Waals surface area contributed by atoms with Gasteiger partial charge in [0.2, 0.25) is 20.9 Å². The van der Waals surface area contributed by atoms with Gasteiger partial charge in [-0.25, -0.2) is 32.2 Å². The topological polar surface area (TPSA) is 207 Å². The highest BCUT2D eigenvalue weighted by molar-refractivity contribution is 7.92. The maximum absolute atomic E-state index is 16.3. The van der Waals surface area contributed by atoms with Gasteiger partial charge in [0.1, 0.15) is 11.2 Å². The van der Waals surface area contributed by atoms with Crippen LogP contribution in [-0.4, -0.2) is 106 Å². The number of halogens is 3. The van der Waals surface area contributed by atoms with E-state index in [2.05, 4.69) is 19.7 Å². The number of hydrogen-bond acceptors (Lipinski definition) is 14. The fraction of sp³-hybridized carbons (Fsp3) is 0.605. The van der Waals surface area contributed by atoms with Gasteiger partial charge in [0.05, 0.1) is 31.4 Å². The van der Waals surface area contributed by atoms with Crippen LogP contribution in [0, 0.1) is 5.92 Å². The molecule has 59 heavy (non-hydrogen) atoms. The van der Waals surface area contributed by atoms with Crippen molar-refractivity contribution in [2.24, 2.45) is 5.92 Å². The molecule has 21 heteroatoms. The lowest BCUT2D eigenvalue weighted by Crippen LogP contribution is -2.52. The molecule has 2 aromatic heterocycles. The van der Waals surface area contributed by atoms with E-state index in [1.807, 2.05) is 0 Å². The first kappa shape index (κ1) is 47.5. The average molecular weight is 890 g/mol. The van der Waals surface area contributed by atoms with E-state index >= 15 is 4.39 Å². The molecule has 0 saturated carbocycles. The fourth-order valence-electron chi connectivity index (χ4n) is 5.95. The molecular formula is C38H51Cl2FN6O11S. The largest absolute Gasteiger partial charge is 0.463 e. The Morgan fingerprint density at radius 2 is 1.61 bits per heavy atom. The van der Waals surface area contributed by atoms with E-state index in [4.69, 9.17) is 46.9 Å². The number of imide groups is 1. The zero-order chi connectivity index (χ0) is 44.1. The fourth-order valence-corrected chi connectivity index (χ4v) is 7.48. The molecule has 1 aliphatic rings. The summed E-state index contributed by atoms with van der Waals surface area (Å²) in [5.41, 5.74) is -3.81. The highest BCUT2D eigenvalue weighted by atomic mass is 35.5. The quantitative estimate of drug-likeness (QED) is 0.0386. The first-order valence-electron chi connectivity index (χ1n) is 18.8. The Labute approximate surface area is 352 Å². The lowest BCUT2D eigenvalue weighted by atomic mass is 9.90. The van der Waals surface area contributed by atoms with Crippen LogP contribution in [0.3, 0.4) is 0 Å². The van der Waals surface area contributed by atoms with Crippen LogP contribution >= 0.6 is 23.2 Å². The lowest BCUT2D eigenvalue weighted by molar-refractivity contribution is -0.182. The second kappa shape index (κ2) is 19.0. The van der Waals surface area contributed by atoms with E-state index in [1.165, 1.54) is 35.2 Å². The van der Waals surface area contributed by atoms with E-state index in [0.717, 1.165) is 6.92 Å². The minimum Gasteiger partial charge on any atom is -0.463 e. The van der Waals surface area contributed by atoms with Crippen molar-refractivity contribution < 1.29 is 55.7 Å². The molecule has 1 saturated heterocycles. The molecule has 1 unspecified atom stereocenters. The predicted molar refractivity (Wildman–Crippen MR) is 217 cm³/mol. The van der Waals surface area contributed by atoms with Crippen LogP contribution < -0.4 is 9.62 Å². The molecule has 1 aliphatic heterocycles. The summed E-state index contributed by atoms with van der Waals surface area (Å²) in [7, 11) is -3.64. The van der Waals surface area contributed by atoms with Gasteiger partial charge in [-0.3, -0.25) is 14.1 Å². The number of anilines is 2. The van der Waals surface area contributed by atoms with Crippen molar-refractivity contribution in [3.05, 3.63) is 41.4 Å². The van der Waals surface area contributed by atoms with Crippen molar-refractivity contribution >= 4 is 79.8 Å². The summed E-state index contributed by atoms with van der Waals surface area (Å²) in [4.78, 5) is 66.9. The lowest BCUT2D eigenvalue weighted by Gasteiger charge is -2.31. The van der Waals surface area contributed by atoms with E-state index in [0.29, 0.717) is 29.2 Å². The van der Waals surface area contributed by atoms with Crippen molar-refractivity contribution in [3.63, 3.8) is 0 Å². The van der Waals surface area contributed by atoms with Crippen LogP contribution in [0.4, 0.5) is 25.5 Å². The number of ketones is 1. The van der Waals surface area contributed by atoms with Gasteiger partial charge in [0, 0.05) is 23.9 Å². The van der Waals surface area contributed by atoms with Gasteiger partial charge in [-0.2, -0.15) is 14.9 Å². The van der Waals surface area contributed by atoms with Gasteiger partial charge in [-0.05, 0) is 97.5 Å². The number of Topliss-reactive ketones (excluding diaryl/α,β-unsaturated/α-hetero) is 1. The van der Waals surface area contributed by atoms with Gasteiger partial charge in [-0.15, -0.1) is 11.6 Å². The number of unbranched alkanes of at least 4 members (excludes halogenated alkanes) is 1. The maximum Gasteiger partial charge on any atom is 0.425 e. The van der Waals surface area contributed by atoms with Gasteiger partial charge >= 0.3 is 18.2 Å². The molecule has 3 heterocycles. The summed E-state index contributed by atoms with van der Waals surface area (Å²) in [5.74, 6) is -2.73. The number of nitrogens with zero attached hydrogens (tertiary/aromatic N) is 5. The van der Waals surface area contributed by atoms with Gasteiger partial charge in [-0.1, -0.05) is 19.1 Å². The Morgan fingerprint density at radius 3 is 2.15 bits per heavy atom. The highest BCUT2D eigenvalue weighted by Gasteiger charge is 2.50. The summed E-state index contributed by atoms with van der Waals surface area (Å²) in [6, 6.07) is 6.05. The molecule has 0 spiro atoms. The summed E-state index contributed by atoms with van der Waals surface area (Å²) >= 11 is 12.0. The summed E-state index contributed by atoms with van der Waals surface area (Å²) in [5, 5.41) is -0.430. The van der Waals surface area contributed by atoms with E-state index < -0.39 is 92.9 Å². The molecule has 0 bridgehead atoms. The monoisotopic (exact) mass is 888 g/mol. The number of carbonyl (C=O) groups is 4. The maximum atomic E-state index is 16.3. The number of imidazole rings is 1. The number of aromatic nitrogens is 4. The second-order valence-electron chi connectivity index (χ2n) is 15.9. The molecule has 3 aromatic rings. The second-order valence-corrected chi connectivity index (χ2v) is 18.5. The van der Waals surface area contributed by atoms with Gasteiger partial charge < -0.3 is 23.7 Å². The van der Waals surface area contributed by atoms with E-state index in [-0.39, 0.29) is 35.6 Å². The van der Waals surface area contributed by atoms with E-state index in [9.17, 15) is 27.6 Å². The van der Waals surface area contributed by atoms with Crippen LogP contribution in [0.5, 0.6) is 0 Å². The smallest absolute Gasteiger partial charge is 0.425 e. The van der Waals surface area contributed by atoms with Crippen LogP contribution in [0.25, 0.3) is 11.2 Å². The SMILES string of the molecule is CCOC(=O)C(Cc1ccc(NS(=O)(=O)CCCCCl)cc1)(OC[C@H]1O[C@@H](n2cnc3c(N(C(=O)OC(C)(C)C)C(=O)OC(C)(C)C)nc(Cl)nc32)[C@@H](F)[C@@H]1C)C(C)=O. The first-order chi connectivity index (χ1) is 27.4. The highest BCUT2D eigenvalue weighted by Crippen LogP contribution is 2.40. The Bertz CT molecular complexity index is 2080. The Hall–Kier alpha value is -4.17. The number of sulfonamides is 1. The normalized spacial score (nSPS) is 19.5. The number of carbonyl (C=O) groups excluding carboxylic acids is 4. The summed E-state index contributed by atoms with van der Waals surface area (Å²) < 4.78 is 73.4. The number of ether oxygens (including phenoxy) is 5. The van der Waals surface area contributed by atoms with Crippen molar-refractivity contribution in [2.45, 2.75) is 117 Å². The number of rotatable bonds is 16. The third kappa shape index (κ3) is 12.0. The molecule has 0 radical (unpaired) electrons. The number of hydrogen-bond donors (Lipinski definition) is 1. The first-order valence-corrected chi connectivity index (χ1v) is 21.4. The molecule has 1 fully saturated rings. The molecular weight excluding hydrogens is 838 g/mol. The molecule has 17 nitrogen and oxygen atoms in total. The number of nitrogens with one attached hydrogen (secondary N) is 1. The van der Waals surface area contributed by atoms with Gasteiger partial charge in [0.25, 0.3) is 0 Å². The predicted octanol–water partition coefficient (Wildman–Crippen LogP) is 6.94. The zero-order valence-corrected chi connectivity index (χ0v) is 36.7. The van der Waals surface area contributed by atoms with Crippen molar-refractivity contribution in [1.29, 1.82) is 0 Å². The van der Waals surface area contributed by atoms with Crippen molar-refractivity contribution in [3.8, 4) is 0 Å². The zero-order valence-electron chi connectivity index (χ0n) is 34.4. The minimum absolute atomic E-state index is 0.0774. The van der Waals surface area contributed by atoms with Crippen LogP contribution in [0.2, 0.25) is 5.28 Å². The molecule has 326 valence electrons. The third-order valence-corrected chi connectivity index (χ3v) is 10.6. The van der Waals surface area contributed by atoms with Crippen LogP contribution in [-0.2, 0) is 49.7 Å². The molecule has 1 N–H and O–H groups in total. The summed E-state index contributed by atoms with van der Waals surface area (Å²) in [6.07, 6.45) is -4.70. The number of benzene rings is 1. The molecule has 4 rings (SSSR count). The van der Waals surface area contributed by atoms with Crippen molar-refractivity contribution in [2.75, 3.05) is 34.5 Å². The molecule has 5 atom stereocenters. The number of esters is 1. The van der Waals surface area contributed by atoms with Crippen LogP contribution in [0.1, 0.15) is 86.9 Å². The average Bonchev–Trinajstić information content (AvgIpc) is 3.65. The van der Waals surface area contributed by atoms with Crippen LogP contribution in [0.15, 0.2) is 30.6 Å². The standard InChI is InChI=1S/C38H51Cl2FN6O11S/c1-10-54-32(49)38(23(3)48,19-24-13-15-25(16-14-24)45-59(52,53)18-12-11-17-39)55-20-26-22(2)27(41)31(56-26)46-21-42-28-29(46)43-33(40)44-30(28)47(34(50)57-36(4,5)6)35(51)58-37(7,8)9/h13-16,21-22,26-27,31,45H,10-12,17-20H2,1-9H3/t22-,26-,27+,31-,38?/m1/s1. The Morgan fingerprint density at radius 1 is 1.00 bits per heavy atom. The number of amides is 2. The Kier molecular flexibility index (Phi) is 15.3. The number of fused-ring (bicyclic) bond motifs is 1. The van der Waals surface area contributed by atoms with Crippen molar-refractivity contribution in [1.82, 2.24) is 19.5 Å². The van der Waals surface area contributed by atoms with Gasteiger partial charge in [0.15, 0.2) is 35.2 Å². The van der Waals surface area contributed by atoms with E-state index in [1.54, 1.807) is 55.4 Å². The molecule has 1 aromatic carbocycles.